The molecular weight excluding hydrogens is 480 g/mol. The van der Waals surface area contributed by atoms with Crippen molar-refractivity contribution in [3.63, 3.8) is 0 Å². The van der Waals surface area contributed by atoms with Crippen molar-refractivity contribution >= 4 is 29.8 Å². The number of hydrogen-bond donors (Lipinski definition) is 3. The number of carbonyl (C=O) groups is 5. The summed E-state index contributed by atoms with van der Waals surface area (Å²) in [5, 5.41) is 4.96. The first-order valence-corrected chi connectivity index (χ1v) is 12.2. The van der Waals surface area contributed by atoms with Gasteiger partial charge in [-0.3, -0.25) is 19.2 Å². The summed E-state index contributed by atoms with van der Waals surface area (Å²) in [6, 6.07) is 2.90. The number of hydrogen-bond acceptors (Lipinski definition) is 7. The maximum absolute atomic E-state index is 13.9. The third-order valence-corrected chi connectivity index (χ3v) is 5.34. The molecule has 0 heterocycles. The van der Waals surface area contributed by atoms with Gasteiger partial charge in [-0.15, -0.1) is 0 Å². The van der Waals surface area contributed by atoms with Crippen molar-refractivity contribution in [3.05, 3.63) is 34.9 Å². The number of benzene rings is 1. The standard InChI is InChI=1S/C26H40N4O7/c1-8-9-12-30(24(34)19(14-20(27)31)29-25(35)37-26(4,5)6)22(23(33)28-15-21(32)36-7)18-11-10-16(2)13-17(18)3/h10-11,13,19,22H,8-9,12,14-15H2,1-7H3,(H2,27,31)(H,28,33)(H,29,35). The second-order valence-corrected chi connectivity index (χ2v) is 9.81. The molecule has 0 aromatic heterocycles. The van der Waals surface area contributed by atoms with E-state index in [1.807, 2.05) is 32.9 Å². The van der Waals surface area contributed by atoms with Crippen LogP contribution in [0.25, 0.3) is 0 Å². The van der Waals surface area contributed by atoms with E-state index in [0.29, 0.717) is 18.4 Å². The van der Waals surface area contributed by atoms with Crippen LogP contribution in [0.3, 0.4) is 0 Å². The molecule has 4 amide bonds. The lowest BCUT2D eigenvalue weighted by atomic mass is 9.96. The Balaban J connectivity index is 3.54. The minimum Gasteiger partial charge on any atom is -0.468 e. The van der Waals surface area contributed by atoms with Crippen LogP contribution in [0.2, 0.25) is 0 Å². The quantitative estimate of drug-likeness (QED) is 0.356. The van der Waals surface area contributed by atoms with E-state index >= 15 is 0 Å². The molecule has 2 atom stereocenters. The lowest BCUT2D eigenvalue weighted by Gasteiger charge is -2.35. The highest BCUT2D eigenvalue weighted by atomic mass is 16.6. The lowest BCUT2D eigenvalue weighted by Crippen LogP contribution is -2.54. The van der Waals surface area contributed by atoms with Gasteiger partial charge in [-0.05, 0) is 52.2 Å². The number of nitrogens with two attached hydrogens (primary N) is 1. The average molecular weight is 521 g/mol. The van der Waals surface area contributed by atoms with Gasteiger partial charge >= 0.3 is 12.1 Å². The molecule has 0 fully saturated rings. The Labute approximate surface area is 218 Å². The number of nitrogens with one attached hydrogen (secondary N) is 2. The highest BCUT2D eigenvalue weighted by Crippen LogP contribution is 2.27. The maximum Gasteiger partial charge on any atom is 0.408 e. The number of unbranched alkanes of at least 4 members (excludes halogenated alkanes) is 1. The zero-order chi connectivity index (χ0) is 28.3. The maximum atomic E-state index is 13.9. The number of rotatable bonds is 12. The van der Waals surface area contributed by atoms with Crippen LogP contribution in [0.15, 0.2) is 18.2 Å². The summed E-state index contributed by atoms with van der Waals surface area (Å²) in [6.45, 7) is 10.4. The predicted molar refractivity (Wildman–Crippen MR) is 137 cm³/mol. The predicted octanol–water partition coefficient (Wildman–Crippen LogP) is 2.03. The molecule has 0 spiro atoms. The van der Waals surface area contributed by atoms with Gasteiger partial charge in [0, 0.05) is 6.54 Å². The fraction of sp³-hybridized carbons (Fsp3) is 0.577. The molecule has 2 unspecified atom stereocenters. The van der Waals surface area contributed by atoms with Crippen molar-refractivity contribution < 1.29 is 33.4 Å². The van der Waals surface area contributed by atoms with Crippen LogP contribution in [0, 0.1) is 13.8 Å². The molecule has 11 nitrogen and oxygen atoms in total. The largest absolute Gasteiger partial charge is 0.468 e. The molecule has 0 aliphatic carbocycles. The summed E-state index contributed by atoms with van der Waals surface area (Å²) in [4.78, 5) is 64.6. The van der Waals surface area contributed by atoms with Gasteiger partial charge in [0.05, 0.1) is 13.5 Å². The Kier molecular flexibility index (Phi) is 12.0. The van der Waals surface area contributed by atoms with Gasteiger partial charge in [0.15, 0.2) is 0 Å². The van der Waals surface area contributed by atoms with Crippen molar-refractivity contribution in [3.8, 4) is 0 Å². The minimum absolute atomic E-state index is 0.143. The van der Waals surface area contributed by atoms with Crippen LogP contribution in [-0.2, 0) is 28.7 Å². The molecule has 11 heteroatoms. The van der Waals surface area contributed by atoms with Gasteiger partial charge in [0.25, 0.3) is 0 Å². The molecule has 37 heavy (non-hydrogen) atoms. The van der Waals surface area contributed by atoms with Gasteiger partial charge in [0.1, 0.15) is 24.2 Å². The van der Waals surface area contributed by atoms with Crippen LogP contribution in [-0.4, -0.2) is 66.5 Å². The average Bonchev–Trinajstić information content (AvgIpc) is 2.78. The number of ether oxygens (including phenoxy) is 2. The summed E-state index contributed by atoms with van der Waals surface area (Å²) in [6.07, 6.45) is -0.162. The van der Waals surface area contributed by atoms with Gasteiger partial charge in [0.2, 0.25) is 17.7 Å². The molecule has 0 bridgehead atoms. The van der Waals surface area contributed by atoms with Crippen molar-refractivity contribution in [1.82, 2.24) is 15.5 Å². The Bertz CT molecular complexity index is 988. The van der Waals surface area contributed by atoms with Crippen LogP contribution < -0.4 is 16.4 Å². The molecular formula is C26H40N4O7. The second kappa shape index (κ2) is 14.2. The topological polar surface area (TPSA) is 157 Å². The van der Waals surface area contributed by atoms with E-state index in [9.17, 15) is 24.0 Å². The number of primary amides is 1. The molecule has 206 valence electrons. The first kappa shape index (κ1) is 31.4. The van der Waals surface area contributed by atoms with E-state index in [1.165, 1.54) is 12.0 Å². The normalized spacial score (nSPS) is 12.6. The molecule has 1 rings (SSSR count). The zero-order valence-corrected chi connectivity index (χ0v) is 22.8. The highest BCUT2D eigenvalue weighted by Gasteiger charge is 2.37. The van der Waals surface area contributed by atoms with E-state index in [2.05, 4.69) is 15.4 Å². The summed E-state index contributed by atoms with van der Waals surface area (Å²) in [5.74, 6) is -2.77. The molecule has 0 radical (unpaired) electrons. The summed E-state index contributed by atoms with van der Waals surface area (Å²) in [7, 11) is 1.20. The fourth-order valence-corrected chi connectivity index (χ4v) is 3.66. The molecule has 0 aliphatic heterocycles. The van der Waals surface area contributed by atoms with Gasteiger partial charge < -0.3 is 30.7 Å². The van der Waals surface area contributed by atoms with Gasteiger partial charge in [-0.1, -0.05) is 37.1 Å². The Morgan fingerprint density at radius 3 is 2.27 bits per heavy atom. The number of aryl methyl sites for hydroxylation is 2. The molecule has 1 aromatic rings. The number of nitrogens with zero attached hydrogens (tertiary/aromatic N) is 1. The Hall–Kier alpha value is -3.63. The molecule has 0 saturated carbocycles. The smallest absolute Gasteiger partial charge is 0.408 e. The van der Waals surface area contributed by atoms with E-state index < -0.39 is 60.4 Å². The first-order chi connectivity index (χ1) is 17.2. The van der Waals surface area contributed by atoms with Gasteiger partial charge in [-0.25, -0.2) is 4.79 Å². The van der Waals surface area contributed by atoms with Crippen LogP contribution in [0.4, 0.5) is 4.79 Å². The summed E-state index contributed by atoms with van der Waals surface area (Å²) >= 11 is 0. The van der Waals surface area contributed by atoms with Crippen LogP contribution in [0.5, 0.6) is 0 Å². The molecule has 4 N–H and O–H groups in total. The van der Waals surface area contributed by atoms with Crippen molar-refractivity contribution in [2.75, 3.05) is 20.2 Å². The summed E-state index contributed by atoms with van der Waals surface area (Å²) in [5.41, 5.74) is 6.78. The fourth-order valence-electron chi connectivity index (χ4n) is 3.66. The van der Waals surface area contributed by atoms with Crippen molar-refractivity contribution in [2.45, 2.75) is 78.5 Å². The van der Waals surface area contributed by atoms with E-state index in [4.69, 9.17) is 10.5 Å². The van der Waals surface area contributed by atoms with Crippen molar-refractivity contribution in [2.24, 2.45) is 5.73 Å². The Morgan fingerprint density at radius 2 is 1.76 bits per heavy atom. The summed E-state index contributed by atoms with van der Waals surface area (Å²) < 4.78 is 9.88. The monoisotopic (exact) mass is 520 g/mol. The number of methoxy groups -OCH3 is 1. The van der Waals surface area contributed by atoms with Crippen molar-refractivity contribution in [1.29, 1.82) is 0 Å². The van der Waals surface area contributed by atoms with E-state index in [-0.39, 0.29) is 6.54 Å². The van der Waals surface area contributed by atoms with Gasteiger partial charge in [-0.2, -0.15) is 0 Å². The van der Waals surface area contributed by atoms with Crippen LogP contribution in [0.1, 0.15) is 69.7 Å². The first-order valence-electron chi connectivity index (χ1n) is 12.2. The molecule has 0 aliphatic rings. The van der Waals surface area contributed by atoms with E-state index in [1.54, 1.807) is 26.8 Å². The lowest BCUT2D eigenvalue weighted by molar-refractivity contribution is -0.145. The highest BCUT2D eigenvalue weighted by molar-refractivity contribution is 5.95. The number of carbonyl (C=O) groups excluding carboxylic acids is 5. The second-order valence-electron chi connectivity index (χ2n) is 9.81. The zero-order valence-electron chi connectivity index (χ0n) is 22.8. The minimum atomic E-state index is -1.37. The third-order valence-electron chi connectivity index (χ3n) is 5.34. The number of amides is 4. The molecule has 1 aromatic carbocycles. The number of esters is 1. The molecule has 0 saturated heterocycles. The Morgan fingerprint density at radius 1 is 1.11 bits per heavy atom. The number of alkyl carbamates (subject to hydrolysis) is 1. The van der Waals surface area contributed by atoms with Crippen LogP contribution >= 0.6 is 0 Å². The third kappa shape index (κ3) is 10.5. The van der Waals surface area contributed by atoms with E-state index in [0.717, 1.165) is 11.1 Å². The SMILES string of the molecule is CCCCN(C(=O)C(CC(N)=O)NC(=O)OC(C)(C)C)C(C(=O)NCC(=O)OC)c1ccc(C)cc1C.